The molecule has 0 heterocycles. The molecule has 0 aromatic heterocycles. The lowest BCUT2D eigenvalue weighted by molar-refractivity contribution is 0.101. The van der Waals surface area contributed by atoms with Gasteiger partial charge in [0.05, 0.1) is 10.6 Å². The molecular formula is C27H24N4O9P2. The number of benzene rings is 4. The van der Waals surface area contributed by atoms with Gasteiger partial charge in [-0.1, -0.05) is 0 Å². The molecule has 42 heavy (non-hydrogen) atoms. The zero-order chi connectivity index (χ0) is 30.5. The van der Waals surface area contributed by atoms with Gasteiger partial charge < -0.3 is 40.8 Å². The molecule has 0 bridgehead atoms. The highest BCUT2D eigenvalue weighted by molar-refractivity contribution is 7.60. The molecule has 0 radical (unpaired) electrons. The summed E-state index contributed by atoms with van der Waals surface area (Å²) >= 11 is 0. The number of amides is 4. The van der Waals surface area contributed by atoms with Crippen LogP contribution in [0.15, 0.2) is 97.1 Å². The third kappa shape index (κ3) is 8.21. The maximum atomic E-state index is 12.5. The largest absolute Gasteiger partial charge is 0.356 e. The molecule has 0 atom stereocenters. The highest BCUT2D eigenvalue weighted by Crippen LogP contribution is 2.34. The summed E-state index contributed by atoms with van der Waals surface area (Å²) in [6, 6.07) is 21.9. The summed E-state index contributed by atoms with van der Waals surface area (Å²) in [6.45, 7) is 0. The van der Waals surface area contributed by atoms with E-state index in [0.717, 1.165) is 0 Å². The van der Waals surface area contributed by atoms with Crippen molar-refractivity contribution in [1.29, 1.82) is 0 Å². The van der Waals surface area contributed by atoms with E-state index in [0.29, 0.717) is 22.7 Å². The van der Waals surface area contributed by atoms with Crippen LogP contribution in [-0.4, -0.2) is 37.4 Å². The van der Waals surface area contributed by atoms with Crippen molar-refractivity contribution in [2.75, 3.05) is 21.3 Å². The first-order chi connectivity index (χ1) is 19.8. The molecule has 0 fully saturated rings. The lowest BCUT2D eigenvalue weighted by atomic mass is 10.2. The van der Waals surface area contributed by atoms with Crippen molar-refractivity contribution in [2.24, 2.45) is 0 Å². The monoisotopic (exact) mass is 610 g/mol. The van der Waals surface area contributed by atoms with E-state index in [4.69, 9.17) is 19.6 Å². The van der Waals surface area contributed by atoms with Crippen LogP contribution in [0, 0.1) is 0 Å². The predicted molar refractivity (Wildman–Crippen MR) is 158 cm³/mol. The first-order valence-electron chi connectivity index (χ1n) is 12.0. The van der Waals surface area contributed by atoms with Crippen molar-refractivity contribution in [1.82, 2.24) is 0 Å². The summed E-state index contributed by atoms with van der Waals surface area (Å²) < 4.78 is 22.5. The Kier molecular flexibility index (Phi) is 9.03. The normalized spacial score (nSPS) is 11.3. The van der Waals surface area contributed by atoms with E-state index in [1.807, 2.05) is 0 Å². The SMILES string of the molecule is O=C(Nc1ccc(C(=O)Nc2ccc(P(=O)(O)O)cc2)cc1)Nc1ccc(C(=O)Nc2ccc(P(=O)(O)O)cc2)cc1. The molecule has 0 unspecified atom stereocenters. The van der Waals surface area contributed by atoms with E-state index in [1.54, 1.807) is 0 Å². The van der Waals surface area contributed by atoms with Gasteiger partial charge in [0, 0.05) is 33.9 Å². The third-order valence-corrected chi connectivity index (χ3v) is 7.67. The molecule has 0 aliphatic rings. The second-order valence-electron chi connectivity index (χ2n) is 8.82. The molecule has 0 aliphatic carbocycles. The Morgan fingerprint density at radius 2 is 0.690 bits per heavy atom. The van der Waals surface area contributed by atoms with Gasteiger partial charge in [-0.05, 0) is 97.1 Å². The Bertz CT molecular complexity index is 1570. The lowest BCUT2D eigenvalue weighted by Gasteiger charge is -2.10. The summed E-state index contributed by atoms with van der Waals surface area (Å²) in [5.41, 5.74) is 2.06. The quantitative estimate of drug-likeness (QED) is 0.137. The van der Waals surface area contributed by atoms with Gasteiger partial charge in [-0.15, -0.1) is 0 Å². The summed E-state index contributed by atoms with van der Waals surface area (Å²) in [6.07, 6.45) is 0. The first-order valence-corrected chi connectivity index (χ1v) is 15.2. The van der Waals surface area contributed by atoms with Gasteiger partial charge in [-0.3, -0.25) is 18.7 Å². The van der Waals surface area contributed by atoms with Crippen molar-refractivity contribution in [3.05, 3.63) is 108 Å². The highest BCUT2D eigenvalue weighted by atomic mass is 31.2. The zero-order valence-electron chi connectivity index (χ0n) is 21.5. The second kappa shape index (κ2) is 12.5. The van der Waals surface area contributed by atoms with Gasteiger partial charge in [0.25, 0.3) is 11.8 Å². The molecule has 13 nitrogen and oxygen atoms in total. The number of nitrogens with one attached hydrogen (secondary N) is 4. The van der Waals surface area contributed by atoms with Gasteiger partial charge in [0.1, 0.15) is 0 Å². The van der Waals surface area contributed by atoms with Crippen molar-refractivity contribution in [3.63, 3.8) is 0 Å². The fourth-order valence-electron chi connectivity index (χ4n) is 3.59. The fourth-order valence-corrected chi connectivity index (χ4v) is 4.66. The number of rotatable bonds is 8. The summed E-state index contributed by atoms with van der Waals surface area (Å²) in [4.78, 5) is 74.0. The molecule has 15 heteroatoms. The van der Waals surface area contributed by atoms with Crippen LogP contribution in [0.5, 0.6) is 0 Å². The molecule has 0 saturated carbocycles. The molecule has 4 rings (SSSR count). The van der Waals surface area contributed by atoms with Crippen LogP contribution >= 0.6 is 15.2 Å². The highest BCUT2D eigenvalue weighted by Gasteiger charge is 2.18. The van der Waals surface area contributed by atoms with Crippen LogP contribution in [0.4, 0.5) is 27.5 Å². The molecule has 0 saturated heterocycles. The smallest absolute Gasteiger partial charge is 0.322 e. The van der Waals surface area contributed by atoms with Crippen LogP contribution in [-0.2, 0) is 9.13 Å². The standard InChI is InChI=1S/C27H24N4O9P2/c32-25(28-19-9-13-23(14-10-19)41(35,36)37)17-1-5-21(6-2-17)30-27(34)31-22-7-3-18(4-8-22)26(33)29-20-11-15-24(16-12-20)42(38,39)40/h1-16H,(H,28,32)(H,29,33)(H2,30,31,34)(H2,35,36,37)(H2,38,39,40). The number of carbonyl (C=O) groups excluding carboxylic acids is 3. The van der Waals surface area contributed by atoms with Crippen LogP contribution in [0.25, 0.3) is 0 Å². The van der Waals surface area contributed by atoms with E-state index in [2.05, 4.69) is 21.3 Å². The zero-order valence-corrected chi connectivity index (χ0v) is 23.3. The minimum absolute atomic E-state index is 0.165. The summed E-state index contributed by atoms with van der Waals surface area (Å²) in [7, 11) is -8.76. The minimum atomic E-state index is -4.38. The summed E-state index contributed by atoms with van der Waals surface area (Å²) in [5.74, 6) is -0.922. The Morgan fingerprint density at radius 3 is 0.976 bits per heavy atom. The van der Waals surface area contributed by atoms with Crippen molar-refractivity contribution >= 4 is 66.4 Å². The van der Waals surface area contributed by atoms with Crippen LogP contribution in [0.1, 0.15) is 20.7 Å². The fraction of sp³-hybridized carbons (Fsp3) is 0. The van der Waals surface area contributed by atoms with Crippen molar-refractivity contribution in [3.8, 4) is 0 Å². The maximum Gasteiger partial charge on any atom is 0.356 e. The van der Waals surface area contributed by atoms with Crippen molar-refractivity contribution < 1.29 is 43.1 Å². The molecule has 0 spiro atoms. The van der Waals surface area contributed by atoms with Gasteiger partial charge in [-0.2, -0.15) is 0 Å². The number of hydrogen-bond acceptors (Lipinski definition) is 5. The summed E-state index contributed by atoms with van der Waals surface area (Å²) in [5, 5.41) is 10.1. The second-order valence-corrected chi connectivity index (χ2v) is 12.0. The van der Waals surface area contributed by atoms with E-state index in [9.17, 15) is 23.5 Å². The maximum absolute atomic E-state index is 12.5. The number of carbonyl (C=O) groups is 3. The van der Waals surface area contributed by atoms with E-state index in [1.165, 1.54) is 97.1 Å². The molecule has 4 aromatic carbocycles. The molecular weight excluding hydrogens is 586 g/mol. The Balaban J connectivity index is 1.28. The Labute approximate surface area is 238 Å². The van der Waals surface area contributed by atoms with Gasteiger partial charge >= 0.3 is 21.2 Å². The Hall–Kier alpha value is -4.61. The molecule has 216 valence electrons. The third-order valence-electron chi connectivity index (χ3n) is 5.73. The van der Waals surface area contributed by atoms with E-state index >= 15 is 0 Å². The van der Waals surface area contributed by atoms with Gasteiger partial charge in [0.2, 0.25) is 0 Å². The van der Waals surface area contributed by atoms with Gasteiger partial charge in [-0.25, -0.2) is 4.79 Å². The minimum Gasteiger partial charge on any atom is -0.322 e. The van der Waals surface area contributed by atoms with E-state index in [-0.39, 0.29) is 21.7 Å². The first kappa shape index (κ1) is 30.4. The molecule has 4 amide bonds. The van der Waals surface area contributed by atoms with Crippen LogP contribution < -0.4 is 31.9 Å². The Morgan fingerprint density at radius 1 is 0.429 bits per heavy atom. The number of urea groups is 1. The average Bonchev–Trinajstić information content (AvgIpc) is 2.93. The van der Waals surface area contributed by atoms with E-state index < -0.39 is 33.0 Å². The predicted octanol–water partition coefficient (Wildman–Crippen LogP) is 3.44. The topological polar surface area (TPSA) is 214 Å². The van der Waals surface area contributed by atoms with Crippen LogP contribution in [0.2, 0.25) is 0 Å². The number of hydrogen-bond donors (Lipinski definition) is 8. The number of anilines is 4. The molecule has 0 aliphatic heterocycles. The van der Waals surface area contributed by atoms with Crippen LogP contribution in [0.3, 0.4) is 0 Å². The lowest BCUT2D eigenvalue weighted by Crippen LogP contribution is -2.20. The molecule has 4 aromatic rings. The molecule has 8 N–H and O–H groups in total. The average molecular weight is 610 g/mol. The van der Waals surface area contributed by atoms with Crippen molar-refractivity contribution in [2.45, 2.75) is 0 Å². The van der Waals surface area contributed by atoms with Gasteiger partial charge in [0.15, 0.2) is 0 Å².